The molecule has 1 saturated carbocycles. The van der Waals surface area contributed by atoms with Gasteiger partial charge >= 0.3 is 0 Å². The van der Waals surface area contributed by atoms with Crippen LogP contribution in [0.1, 0.15) is 31.2 Å². The number of fused-ring (bicyclic) bond motifs is 1. The monoisotopic (exact) mass is 261 g/mol. The Morgan fingerprint density at radius 2 is 2.42 bits per heavy atom. The van der Waals surface area contributed by atoms with Gasteiger partial charge in [-0.1, -0.05) is 6.42 Å². The van der Waals surface area contributed by atoms with Crippen molar-refractivity contribution in [2.75, 3.05) is 6.54 Å². The van der Waals surface area contributed by atoms with Crippen LogP contribution in [-0.2, 0) is 11.3 Å². The van der Waals surface area contributed by atoms with Crippen molar-refractivity contribution in [3.05, 3.63) is 24.0 Å². The first kappa shape index (κ1) is 12.4. The average molecular weight is 261 g/mol. The molecular formula is C14H19N3O2. The number of amides is 1. The maximum absolute atomic E-state index is 12.5. The van der Waals surface area contributed by atoms with E-state index in [0.717, 1.165) is 37.8 Å². The highest BCUT2D eigenvalue weighted by Gasteiger charge is 2.51. The molecule has 2 atom stereocenters. The summed E-state index contributed by atoms with van der Waals surface area (Å²) in [6.45, 7) is 1.36. The zero-order valence-corrected chi connectivity index (χ0v) is 10.9. The first-order chi connectivity index (χ1) is 9.21. The first-order valence-corrected chi connectivity index (χ1v) is 6.85. The van der Waals surface area contributed by atoms with Crippen molar-refractivity contribution in [2.24, 2.45) is 5.41 Å². The molecule has 1 amide bonds. The van der Waals surface area contributed by atoms with Gasteiger partial charge in [0.15, 0.2) is 0 Å². The molecule has 5 nitrogen and oxygen atoms in total. The van der Waals surface area contributed by atoms with Gasteiger partial charge in [-0.25, -0.2) is 0 Å². The summed E-state index contributed by atoms with van der Waals surface area (Å²) in [5.41, 5.74) is 0.620. The molecule has 3 rings (SSSR count). The lowest BCUT2D eigenvalue weighted by molar-refractivity contribution is -0.131. The average Bonchev–Trinajstić information content (AvgIpc) is 2.96. The number of hydrogen-bond acceptors (Lipinski definition) is 4. The fourth-order valence-corrected chi connectivity index (χ4v) is 3.45. The van der Waals surface area contributed by atoms with E-state index in [1.54, 1.807) is 12.3 Å². The summed E-state index contributed by atoms with van der Waals surface area (Å²) in [6, 6.07) is 1.97. The van der Waals surface area contributed by atoms with Crippen molar-refractivity contribution in [3.8, 4) is 5.75 Å². The maximum Gasteiger partial charge on any atom is 0.228 e. The number of rotatable bonds is 3. The summed E-state index contributed by atoms with van der Waals surface area (Å²) in [7, 11) is 0. The van der Waals surface area contributed by atoms with Gasteiger partial charge in [0, 0.05) is 18.8 Å². The third kappa shape index (κ3) is 2.18. The van der Waals surface area contributed by atoms with Gasteiger partial charge in [0.1, 0.15) is 5.75 Å². The number of nitrogens with zero attached hydrogens (tertiary/aromatic N) is 1. The van der Waals surface area contributed by atoms with Crippen LogP contribution in [0, 0.1) is 5.41 Å². The van der Waals surface area contributed by atoms with Gasteiger partial charge in [-0.15, -0.1) is 0 Å². The maximum atomic E-state index is 12.5. The lowest BCUT2D eigenvalue weighted by Gasteiger charge is -2.27. The highest BCUT2D eigenvalue weighted by molar-refractivity contribution is 5.84. The van der Waals surface area contributed by atoms with Gasteiger partial charge in [0.05, 0.1) is 11.6 Å². The zero-order valence-electron chi connectivity index (χ0n) is 10.9. The highest BCUT2D eigenvalue weighted by Crippen LogP contribution is 2.44. The summed E-state index contributed by atoms with van der Waals surface area (Å²) in [4.78, 5) is 16.4. The van der Waals surface area contributed by atoms with Crippen molar-refractivity contribution in [3.63, 3.8) is 0 Å². The fourth-order valence-electron chi connectivity index (χ4n) is 3.45. The number of aromatic hydroxyl groups is 1. The van der Waals surface area contributed by atoms with Crippen molar-refractivity contribution in [1.29, 1.82) is 0 Å². The normalized spacial score (nSPS) is 29.2. The highest BCUT2D eigenvalue weighted by atomic mass is 16.3. The van der Waals surface area contributed by atoms with Crippen LogP contribution >= 0.6 is 0 Å². The molecule has 2 fully saturated rings. The third-order valence-electron chi connectivity index (χ3n) is 4.43. The van der Waals surface area contributed by atoms with E-state index in [0.29, 0.717) is 12.6 Å². The molecule has 3 N–H and O–H groups in total. The second-order valence-corrected chi connectivity index (χ2v) is 5.54. The number of aromatic nitrogens is 1. The van der Waals surface area contributed by atoms with Crippen LogP contribution in [0.2, 0.25) is 0 Å². The summed E-state index contributed by atoms with van der Waals surface area (Å²) >= 11 is 0. The van der Waals surface area contributed by atoms with Crippen molar-refractivity contribution in [2.45, 2.75) is 38.3 Å². The molecule has 0 radical (unpaired) electrons. The van der Waals surface area contributed by atoms with E-state index in [4.69, 9.17) is 0 Å². The third-order valence-corrected chi connectivity index (χ3v) is 4.43. The molecular weight excluding hydrogens is 242 g/mol. The van der Waals surface area contributed by atoms with Gasteiger partial charge in [0.25, 0.3) is 0 Å². The van der Waals surface area contributed by atoms with Gasteiger partial charge in [-0.3, -0.25) is 9.78 Å². The summed E-state index contributed by atoms with van der Waals surface area (Å²) in [5.74, 6) is 0.273. The molecule has 0 bridgehead atoms. The molecule has 102 valence electrons. The number of carbonyl (C=O) groups is 1. The minimum absolute atomic E-state index is 0.131. The Bertz CT molecular complexity index is 479. The first-order valence-electron chi connectivity index (χ1n) is 6.85. The molecule has 5 heteroatoms. The molecule has 2 aliphatic rings. The second-order valence-electron chi connectivity index (χ2n) is 5.54. The summed E-state index contributed by atoms with van der Waals surface area (Å²) in [6.07, 6.45) is 7.19. The Morgan fingerprint density at radius 3 is 3.26 bits per heavy atom. The molecule has 1 saturated heterocycles. The molecule has 1 aliphatic heterocycles. The van der Waals surface area contributed by atoms with Gasteiger partial charge in [-0.2, -0.15) is 0 Å². The number of carbonyl (C=O) groups excluding carboxylic acids is 1. The summed E-state index contributed by atoms with van der Waals surface area (Å²) < 4.78 is 0. The smallest absolute Gasteiger partial charge is 0.228 e. The number of pyridine rings is 1. The van der Waals surface area contributed by atoms with E-state index in [9.17, 15) is 9.90 Å². The van der Waals surface area contributed by atoms with Crippen LogP contribution in [0.4, 0.5) is 0 Å². The molecule has 1 aromatic heterocycles. The SMILES string of the molecule is O=C(NCc1cncc(O)c1)[C@]12CCC[C@H]1NCC2. The quantitative estimate of drug-likeness (QED) is 0.757. The van der Waals surface area contributed by atoms with E-state index >= 15 is 0 Å². The molecule has 0 aromatic carbocycles. The minimum atomic E-state index is -0.204. The predicted molar refractivity (Wildman–Crippen MR) is 70.4 cm³/mol. The van der Waals surface area contributed by atoms with Crippen LogP contribution in [0.3, 0.4) is 0 Å². The van der Waals surface area contributed by atoms with Crippen molar-refractivity contribution < 1.29 is 9.90 Å². The molecule has 0 spiro atoms. The van der Waals surface area contributed by atoms with Gasteiger partial charge in [0.2, 0.25) is 5.91 Å². The lowest BCUT2D eigenvalue weighted by Crippen LogP contribution is -2.45. The van der Waals surface area contributed by atoms with E-state index in [1.807, 2.05) is 0 Å². The van der Waals surface area contributed by atoms with Gasteiger partial charge < -0.3 is 15.7 Å². The largest absolute Gasteiger partial charge is 0.506 e. The Balaban J connectivity index is 1.65. The van der Waals surface area contributed by atoms with Crippen LogP contribution in [0.25, 0.3) is 0 Å². The minimum Gasteiger partial charge on any atom is -0.506 e. The van der Waals surface area contributed by atoms with E-state index < -0.39 is 0 Å². The lowest BCUT2D eigenvalue weighted by atomic mass is 9.81. The zero-order chi connectivity index (χ0) is 13.3. The van der Waals surface area contributed by atoms with E-state index in [-0.39, 0.29) is 17.1 Å². The Kier molecular flexibility index (Phi) is 3.14. The second kappa shape index (κ2) is 4.81. The number of nitrogens with one attached hydrogen (secondary N) is 2. The summed E-state index contributed by atoms with van der Waals surface area (Å²) in [5, 5.41) is 15.8. The molecule has 19 heavy (non-hydrogen) atoms. The van der Waals surface area contributed by atoms with E-state index in [1.165, 1.54) is 6.20 Å². The Hall–Kier alpha value is -1.62. The molecule has 1 aliphatic carbocycles. The van der Waals surface area contributed by atoms with Crippen LogP contribution in [0.15, 0.2) is 18.5 Å². The van der Waals surface area contributed by atoms with E-state index in [2.05, 4.69) is 15.6 Å². The van der Waals surface area contributed by atoms with Crippen molar-refractivity contribution in [1.82, 2.24) is 15.6 Å². The fraction of sp³-hybridized carbons (Fsp3) is 0.571. The van der Waals surface area contributed by atoms with Crippen LogP contribution < -0.4 is 10.6 Å². The van der Waals surface area contributed by atoms with Crippen LogP contribution in [-0.4, -0.2) is 28.6 Å². The predicted octanol–water partition coefficient (Wildman–Crippen LogP) is 0.936. The van der Waals surface area contributed by atoms with Gasteiger partial charge in [-0.05, 0) is 37.4 Å². The number of hydrogen-bond donors (Lipinski definition) is 3. The van der Waals surface area contributed by atoms with Crippen molar-refractivity contribution >= 4 is 5.91 Å². The standard InChI is InChI=1S/C14H19N3O2/c18-11-6-10(7-15-9-11)8-17-13(19)14-3-1-2-12(14)16-5-4-14/h6-7,9,12,16,18H,1-5,8H2,(H,17,19)/t12-,14+/m1/s1. The molecule has 1 aromatic rings. The molecule has 0 unspecified atom stereocenters. The van der Waals surface area contributed by atoms with Crippen LogP contribution in [0.5, 0.6) is 5.75 Å². The molecule has 2 heterocycles. The Morgan fingerprint density at radius 1 is 1.53 bits per heavy atom. The Labute approximate surface area is 112 Å². The topological polar surface area (TPSA) is 74.2 Å².